The molecule has 1 atom stereocenters. The van der Waals surface area contributed by atoms with Crippen LogP contribution >= 0.6 is 27.5 Å². The zero-order valence-corrected chi connectivity index (χ0v) is 12.9. The van der Waals surface area contributed by atoms with Crippen LogP contribution in [0, 0.1) is 11.6 Å². The smallest absolute Gasteiger partial charge is 0.145 e. The van der Waals surface area contributed by atoms with Crippen LogP contribution in [-0.2, 0) is 12.8 Å². The Balaban J connectivity index is 2.11. The van der Waals surface area contributed by atoms with Crippen LogP contribution in [-0.4, -0.2) is 6.04 Å². The average Bonchev–Trinajstić information content (AvgIpc) is 2.39. The SMILES string of the molecule is NC(Cc1cc(Br)ccc1F)Cc1cccc(Cl)c1F. The first kappa shape index (κ1) is 15.4. The summed E-state index contributed by atoms with van der Waals surface area (Å²) in [4.78, 5) is 0. The summed E-state index contributed by atoms with van der Waals surface area (Å²) >= 11 is 9.01. The Morgan fingerprint density at radius 2 is 1.80 bits per heavy atom. The van der Waals surface area contributed by atoms with Crippen molar-refractivity contribution in [2.75, 3.05) is 0 Å². The summed E-state index contributed by atoms with van der Waals surface area (Å²) in [5.74, 6) is -0.769. The van der Waals surface area contributed by atoms with E-state index in [-0.39, 0.29) is 16.9 Å². The summed E-state index contributed by atoms with van der Waals surface area (Å²) in [6.07, 6.45) is 0.634. The second-order valence-corrected chi connectivity index (χ2v) is 5.94. The molecule has 0 aliphatic rings. The molecule has 0 saturated carbocycles. The van der Waals surface area contributed by atoms with Gasteiger partial charge in [0.2, 0.25) is 0 Å². The van der Waals surface area contributed by atoms with Crippen LogP contribution in [0.25, 0.3) is 0 Å². The molecule has 2 aromatic carbocycles. The van der Waals surface area contributed by atoms with Gasteiger partial charge in [-0.05, 0) is 48.2 Å². The summed E-state index contributed by atoms with van der Waals surface area (Å²) in [5, 5.41) is 0.0725. The van der Waals surface area contributed by atoms with Gasteiger partial charge in [0, 0.05) is 10.5 Å². The van der Waals surface area contributed by atoms with E-state index in [1.54, 1.807) is 24.3 Å². The molecule has 0 heterocycles. The maximum absolute atomic E-state index is 13.8. The molecule has 0 saturated heterocycles. The standard InChI is InChI=1S/C15H13BrClF2N/c16-11-4-5-14(18)10(6-11)8-12(20)7-9-2-1-3-13(17)15(9)19/h1-6,12H,7-8,20H2. The van der Waals surface area contributed by atoms with Crippen molar-refractivity contribution in [1.82, 2.24) is 0 Å². The summed E-state index contributed by atoms with van der Waals surface area (Å²) < 4.78 is 28.2. The fourth-order valence-electron chi connectivity index (χ4n) is 2.04. The topological polar surface area (TPSA) is 26.0 Å². The van der Waals surface area contributed by atoms with Gasteiger partial charge >= 0.3 is 0 Å². The Labute approximate surface area is 129 Å². The molecule has 0 aliphatic carbocycles. The largest absolute Gasteiger partial charge is 0.327 e. The monoisotopic (exact) mass is 359 g/mol. The minimum Gasteiger partial charge on any atom is -0.327 e. The van der Waals surface area contributed by atoms with Crippen molar-refractivity contribution in [1.29, 1.82) is 0 Å². The number of rotatable bonds is 4. The predicted molar refractivity (Wildman–Crippen MR) is 80.9 cm³/mol. The number of halogens is 4. The van der Waals surface area contributed by atoms with Crippen LogP contribution in [0.2, 0.25) is 5.02 Å². The Morgan fingerprint density at radius 1 is 1.10 bits per heavy atom. The maximum Gasteiger partial charge on any atom is 0.145 e. The number of benzene rings is 2. The molecular formula is C15H13BrClF2N. The molecule has 0 aliphatic heterocycles. The van der Waals surface area contributed by atoms with Gasteiger partial charge in [-0.2, -0.15) is 0 Å². The first-order valence-corrected chi connectivity index (χ1v) is 7.27. The van der Waals surface area contributed by atoms with Crippen molar-refractivity contribution in [2.45, 2.75) is 18.9 Å². The molecule has 20 heavy (non-hydrogen) atoms. The molecule has 2 aromatic rings. The van der Waals surface area contributed by atoms with E-state index in [1.165, 1.54) is 12.1 Å². The van der Waals surface area contributed by atoms with Gasteiger partial charge in [0.25, 0.3) is 0 Å². The third-order valence-corrected chi connectivity index (χ3v) is 3.79. The molecule has 0 bridgehead atoms. The fraction of sp³-hybridized carbons (Fsp3) is 0.200. The second kappa shape index (κ2) is 6.66. The minimum atomic E-state index is -0.459. The summed E-state index contributed by atoms with van der Waals surface area (Å²) in [7, 11) is 0. The fourth-order valence-corrected chi connectivity index (χ4v) is 2.65. The van der Waals surface area contributed by atoms with Gasteiger partial charge in [-0.1, -0.05) is 39.7 Å². The van der Waals surface area contributed by atoms with Crippen molar-refractivity contribution in [2.24, 2.45) is 5.73 Å². The van der Waals surface area contributed by atoms with Gasteiger partial charge in [-0.15, -0.1) is 0 Å². The number of hydrogen-bond acceptors (Lipinski definition) is 1. The Morgan fingerprint density at radius 3 is 2.55 bits per heavy atom. The van der Waals surface area contributed by atoms with Crippen LogP contribution in [0.15, 0.2) is 40.9 Å². The van der Waals surface area contributed by atoms with Crippen LogP contribution in [0.1, 0.15) is 11.1 Å². The van der Waals surface area contributed by atoms with E-state index in [4.69, 9.17) is 17.3 Å². The van der Waals surface area contributed by atoms with Gasteiger partial charge in [0.05, 0.1) is 5.02 Å². The van der Waals surface area contributed by atoms with E-state index < -0.39 is 5.82 Å². The predicted octanol–water partition coefficient (Wildman–Crippen LogP) is 4.49. The summed E-state index contributed by atoms with van der Waals surface area (Å²) in [6.45, 7) is 0. The van der Waals surface area contributed by atoms with Crippen LogP contribution in [0.5, 0.6) is 0 Å². The average molecular weight is 361 g/mol. The van der Waals surface area contributed by atoms with E-state index >= 15 is 0 Å². The second-order valence-electron chi connectivity index (χ2n) is 4.62. The van der Waals surface area contributed by atoms with E-state index in [1.807, 2.05) is 0 Å². The lowest BCUT2D eigenvalue weighted by Crippen LogP contribution is -2.26. The molecule has 0 aromatic heterocycles. The molecule has 0 radical (unpaired) electrons. The first-order chi connectivity index (χ1) is 9.47. The van der Waals surface area contributed by atoms with Crippen LogP contribution < -0.4 is 5.73 Å². The highest BCUT2D eigenvalue weighted by Gasteiger charge is 2.13. The van der Waals surface area contributed by atoms with Gasteiger partial charge in [0.1, 0.15) is 11.6 Å². The maximum atomic E-state index is 13.8. The number of hydrogen-bond donors (Lipinski definition) is 1. The quantitative estimate of drug-likeness (QED) is 0.854. The van der Waals surface area contributed by atoms with E-state index in [0.717, 1.165) is 4.47 Å². The third-order valence-electron chi connectivity index (χ3n) is 3.00. The summed E-state index contributed by atoms with van der Waals surface area (Å²) in [5.41, 5.74) is 6.94. The van der Waals surface area contributed by atoms with Crippen LogP contribution in [0.4, 0.5) is 8.78 Å². The van der Waals surface area contributed by atoms with Gasteiger partial charge in [0.15, 0.2) is 0 Å². The van der Waals surface area contributed by atoms with Crippen molar-refractivity contribution in [3.05, 3.63) is 68.7 Å². The van der Waals surface area contributed by atoms with Gasteiger partial charge in [-0.3, -0.25) is 0 Å². The normalized spacial score (nSPS) is 12.4. The highest BCUT2D eigenvalue weighted by Crippen LogP contribution is 2.21. The molecule has 1 unspecified atom stereocenters. The van der Waals surface area contributed by atoms with Crippen molar-refractivity contribution < 1.29 is 8.78 Å². The zero-order valence-electron chi connectivity index (χ0n) is 10.5. The lowest BCUT2D eigenvalue weighted by atomic mass is 9.99. The summed E-state index contributed by atoms with van der Waals surface area (Å²) in [6, 6.07) is 9.11. The van der Waals surface area contributed by atoms with Crippen molar-refractivity contribution >= 4 is 27.5 Å². The van der Waals surface area contributed by atoms with E-state index in [9.17, 15) is 8.78 Å². The van der Waals surface area contributed by atoms with E-state index in [2.05, 4.69) is 15.9 Å². The highest BCUT2D eigenvalue weighted by atomic mass is 79.9. The highest BCUT2D eigenvalue weighted by molar-refractivity contribution is 9.10. The molecule has 5 heteroatoms. The molecule has 106 valence electrons. The number of nitrogens with two attached hydrogens (primary N) is 1. The molecule has 0 spiro atoms. The van der Waals surface area contributed by atoms with E-state index in [0.29, 0.717) is 24.0 Å². The molecule has 0 fully saturated rings. The van der Waals surface area contributed by atoms with Gasteiger partial charge in [-0.25, -0.2) is 8.78 Å². The first-order valence-electron chi connectivity index (χ1n) is 6.09. The zero-order chi connectivity index (χ0) is 14.7. The van der Waals surface area contributed by atoms with Gasteiger partial charge < -0.3 is 5.73 Å². The third kappa shape index (κ3) is 3.78. The molecule has 2 N–H and O–H groups in total. The van der Waals surface area contributed by atoms with Crippen LogP contribution in [0.3, 0.4) is 0 Å². The lowest BCUT2D eigenvalue weighted by molar-refractivity contribution is 0.565. The Hall–Kier alpha value is -0.970. The van der Waals surface area contributed by atoms with Crippen molar-refractivity contribution in [3.8, 4) is 0 Å². The molecule has 1 nitrogen and oxygen atoms in total. The minimum absolute atomic E-state index is 0.0725. The molecule has 0 amide bonds. The van der Waals surface area contributed by atoms with Crippen molar-refractivity contribution in [3.63, 3.8) is 0 Å². The Bertz CT molecular complexity index is 615. The molecule has 2 rings (SSSR count). The Kier molecular flexibility index (Phi) is 5.13. The molecular weight excluding hydrogens is 348 g/mol. The lowest BCUT2D eigenvalue weighted by Gasteiger charge is -2.13.